The maximum atomic E-state index is 13.0. The number of hydrogen-bond donors (Lipinski definition) is 1. The topological polar surface area (TPSA) is 46.3 Å². The van der Waals surface area contributed by atoms with Crippen molar-refractivity contribution >= 4 is 39.6 Å². The number of carbonyl (C=O) groups excluding carboxylic acids is 1. The molecule has 1 aliphatic heterocycles. The zero-order chi connectivity index (χ0) is 16.0. The van der Waals surface area contributed by atoms with Crippen LogP contribution in [0.3, 0.4) is 0 Å². The number of nitrogens with zero attached hydrogens (tertiary/aromatic N) is 1. The first kappa shape index (κ1) is 14.9. The average Bonchev–Trinajstić information content (AvgIpc) is 2.86. The van der Waals surface area contributed by atoms with Crippen molar-refractivity contribution in [2.24, 2.45) is 5.73 Å². The normalized spacial score (nSPS) is 15.6. The second-order valence-corrected chi connectivity index (χ2v) is 7.21. The predicted octanol–water partition coefficient (Wildman–Crippen LogP) is 3.52. The van der Waals surface area contributed by atoms with Gasteiger partial charge in [-0.2, -0.15) is 0 Å². The summed E-state index contributed by atoms with van der Waals surface area (Å²) < 4.78 is 1.20. The van der Waals surface area contributed by atoms with Crippen LogP contribution in [0, 0.1) is 3.57 Å². The van der Waals surface area contributed by atoms with Crippen molar-refractivity contribution in [2.75, 3.05) is 13.1 Å². The summed E-state index contributed by atoms with van der Waals surface area (Å²) in [7, 11) is 0. The van der Waals surface area contributed by atoms with E-state index in [2.05, 4.69) is 51.8 Å². The first-order chi connectivity index (χ1) is 11.2. The Morgan fingerprint density at radius 1 is 1.09 bits per heavy atom. The molecule has 1 heterocycles. The molecule has 0 amide bonds. The Morgan fingerprint density at radius 2 is 1.87 bits per heavy atom. The van der Waals surface area contributed by atoms with Crippen molar-refractivity contribution in [1.29, 1.82) is 0 Å². The molecule has 2 N–H and O–H groups in total. The number of fused-ring (bicyclic) bond motifs is 4. The molecule has 0 bridgehead atoms. The van der Waals surface area contributed by atoms with Crippen molar-refractivity contribution in [3.05, 3.63) is 68.3 Å². The molecule has 0 spiro atoms. The molecule has 0 saturated heterocycles. The van der Waals surface area contributed by atoms with Gasteiger partial charge in [-0.3, -0.25) is 4.79 Å². The van der Waals surface area contributed by atoms with Crippen molar-refractivity contribution < 1.29 is 4.79 Å². The minimum atomic E-state index is 0.149. The van der Waals surface area contributed by atoms with Crippen LogP contribution in [0.2, 0.25) is 0 Å². The highest BCUT2D eigenvalue weighted by Gasteiger charge is 2.37. The van der Waals surface area contributed by atoms with E-state index in [0.717, 1.165) is 47.5 Å². The minimum Gasteiger partial charge on any atom is -0.366 e. The number of rotatable bonds is 3. The van der Waals surface area contributed by atoms with E-state index in [9.17, 15) is 4.79 Å². The van der Waals surface area contributed by atoms with Crippen molar-refractivity contribution in [3.8, 4) is 0 Å². The third kappa shape index (κ3) is 2.32. The number of allylic oxidation sites excluding steroid dienone is 1. The Labute approximate surface area is 149 Å². The molecule has 2 aliphatic rings. The van der Waals surface area contributed by atoms with Gasteiger partial charge in [-0.25, -0.2) is 0 Å². The number of benzene rings is 2. The van der Waals surface area contributed by atoms with Gasteiger partial charge in [0.1, 0.15) is 0 Å². The summed E-state index contributed by atoms with van der Waals surface area (Å²) in [5.74, 6) is 0.149. The Balaban J connectivity index is 1.92. The molecule has 116 valence electrons. The van der Waals surface area contributed by atoms with E-state index in [4.69, 9.17) is 5.73 Å². The van der Waals surface area contributed by atoms with E-state index >= 15 is 0 Å². The van der Waals surface area contributed by atoms with E-state index in [1.54, 1.807) is 0 Å². The average molecular weight is 416 g/mol. The zero-order valence-corrected chi connectivity index (χ0v) is 14.8. The quantitative estimate of drug-likeness (QED) is 0.780. The summed E-state index contributed by atoms with van der Waals surface area (Å²) >= 11 is 2.33. The summed E-state index contributed by atoms with van der Waals surface area (Å²) in [5, 5.41) is 0. The van der Waals surface area contributed by atoms with Crippen LogP contribution in [0.15, 0.2) is 42.5 Å². The van der Waals surface area contributed by atoms with E-state index < -0.39 is 0 Å². The molecular weight excluding hydrogens is 399 g/mol. The molecule has 4 heteroatoms. The number of halogens is 1. The Bertz CT molecular complexity index is 841. The van der Waals surface area contributed by atoms with Gasteiger partial charge in [-0.05, 0) is 58.8 Å². The lowest BCUT2D eigenvalue weighted by atomic mass is 9.93. The lowest BCUT2D eigenvalue weighted by Crippen LogP contribution is -2.28. The standard InChI is InChI=1S/C19H17IN2O/c20-13-6-7-14-12(10-13)11-22(9-3-8-21)18-15-4-1-2-5-16(15)19(23)17(14)18/h1-2,4-7,10H,3,8-9,11,21H2. The van der Waals surface area contributed by atoms with E-state index in [1.807, 2.05) is 18.2 Å². The molecule has 0 aromatic heterocycles. The third-order valence-corrected chi connectivity index (χ3v) is 5.21. The van der Waals surface area contributed by atoms with Crippen LogP contribution in [0.1, 0.15) is 33.5 Å². The van der Waals surface area contributed by atoms with E-state index in [0.29, 0.717) is 6.54 Å². The van der Waals surface area contributed by atoms with E-state index in [-0.39, 0.29) is 5.78 Å². The zero-order valence-electron chi connectivity index (χ0n) is 12.7. The molecule has 0 fully saturated rings. The van der Waals surface area contributed by atoms with Crippen molar-refractivity contribution in [2.45, 2.75) is 13.0 Å². The summed E-state index contributed by atoms with van der Waals surface area (Å²) in [5.41, 5.74) is 11.9. The van der Waals surface area contributed by atoms with Crippen LogP contribution in [-0.4, -0.2) is 23.8 Å². The molecule has 23 heavy (non-hydrogen) atoms. The molecule has 2 aromatic rings. The number of carbonyl (C=O) groups is 1. The molecule has 0 radical (unpaired) electrons. The lowest BCUT2D eigenvalue weighted by molar-refractivity contribution is 0.105. The van der Waals surface area contributed by atoms with Gasteiger partial charge in [0.15, 0.2) is 5.78 Å². The molecule has 2 aromatic carbocycles. The monoisotopic (exact) mass is 416 g/mol. The number of hydrogen-bond acceptors (Lipinski definition) is 3. The van der Waals surface area contributed by atoms with Gasteiger partial charge in [-0.1, -0.05) is 30.3 Å². The molecule has 0 saturated carbocycles. The molecule has 1 aliphatic carbocycles. The van der Waals surface area contributed by atoms with Crippen LogP contribution >= 0.6 is 22.6 Å². The maximum Gasteiger partial charge on any atom is 0.196 e. The first-order valence-corrected chi connectivity index (χ1v) is 8.91. The molecule has 0 unspecified atom stereocenters. The Kier molecular flexibility index (Phi) is 3.73. The van der Waals surface area contributed by atoms with Crippen LogP contribution in [0.4, 0.5) is 0 Å². The molecule has 3 nitrogen and oxygen atoms in total. The second kappa shape index (κ2) is 5.76. The van der Waals surface area contributed by atoms with Gasteiger partial charge in [0.25, 0.3) is 0 Å². The van der Waals surface area contributed by atoms with Crippen LogP contribution in [0.25, 0.3) is 11.3 Å². The highest BCUT2D eigenvalue weighted by molar-refractivity contribution is 14.1. The van der Waals surface area contributed by atoms with Gasteiger partial charge in [0.05, 0.1) is 11.3 Å². The highest BCUT2D eigenvalue weighted by atomic mass is 127. The fourth-order valence-electron chi connectivity index (χ4n) is 3.54. The van der Waals surface area contributed by atoms with Crippen LogP contribution in [-0.2, 0) is 6.54 Å². The molecule has 4 rings (SSSR count). The summed E-state index contributed by atoms with van der Waals surface area (Å²) in [6.07, 6.45) is 0.923. The summed E-state index contributed by atoms with van der Waals surface area (Å²) in [6, 6.07) is 14.3. The second-order valence-electron chi connectivity index (χ2n) is 5.96. The maximum absolute atomic E-state index is 13.0. The van der Waals surface area contributed by atoms with Crippen LogP contribution in [0.5, 0.6) is 0 Å². The van der Waals surface area contributed by atoms with Gasteiger partial charge >= 0.3 is 0 Å². The SMILES string of the molecule is NCCCN1Cc2cc(I)ccc2C2=C1c1ccccc1C2=O. The number of ketones is 1. The van der Waals surface area contributed by atoms with Crippen LogP contribution < -0.4 is 5.73 Å². The largest absolute Gasteiger partial charge is 0.366 e. The van der Waals surface area contributed by atoms with Gasteiger partial charge in [-0.15, -0.1) is 0 Å². The minimum absolute atomic E-state index is 0.149. The van der Waals surface area contributed by atoms with Gasteiger partial charge in [0.2, 0.25) is 0 Å². The smallest absolute Gasteiger partial charge is 0.196 e. The highest BCUT2D eigenvalue weighted by Crippen LogP contribution is 2.45. The lowest BCUT2D eigenvalue weighted by Gasteiger charge is -2.32. The van der Waals surface area contributed by atoms with Crippen molar-refractivity contribution in [3.63, 3.8) is 0 Å². The first-order valence-electron chi connectivity index (χ1n) is 7.83. The summed E-state index contributed by atoms with van der Waals surface area (Å²) in [4.78, 5) is 15.3. The Morgan fingerprint density at radius 3 is 2.65 bits per heavy atom. The number of Topliss-reactive ketones (excluding diaryl/α,β-unsaturated/α-hetero) is 1. The van der Waals surface area contributed by atoms with Gasteiger partial charge < -0.3 is 10.6 Å². The molecular formula is C19H17IN2O. The third-order valence-electron chi connectivity index (χ3n) is 4.54. The fraction of sp³-hybridized carbons (Fsp3) is 0.211. The predicted molar refractivity (Wildman–Crippen MR) is 101 cm³/mol. The Hall–Kier alpha value is -1.66. The van der Waals surface area contributed by atoms with Gasteiger partial charge in [0, 0.05) is 27.8 Å². The van der Waals surface area contributed by atoms with E-state index in [1.165, 1.54) is 9.13 Å². The molecule has 0 atom stereocenters. The van der Waals surface area contributed by atoms with Crippen molar-refractivity contribution in [1.82, 2.24) is 4.90 Å². The number of nitrogens with two attached hydrogens (primary N) is 1. The fourth-order valence-corrected chi connectivity index (χ4v) is 4.09. The summed E-state index contributed by atoms with van der Waals surface area (Å²) in [6.45, 7) is 2.38.